The van der Waals surface area contributed by atoms with E-state index in [1.165, 1.54) is 0 Å². The van der Waals surface area contributed by atoms with Gasteiger partial charge in [0.1, 0.15) is 10.8 Å². The summed E-state index contributed by atoms with van der Waals surface area (Å²) in [6.07, 6.45) is 0. The number of benzene rings is 1. The molecular formula is C14H17N3OS. The third-order valence-electron chi connectivity index (χ3n) is 2.43. The summed E-state index contributed by atoms with van der Waals surface area (Å²) in [5, 5.41) is 4.06. The number of hydrogen-bond acceptors (Lipinski definition) is 5. The second-order valence-electron chi connectivity index (χ2n) is 3.98. The lowest BCUT2D eigenvalue weighted by molar-refractivity contribution is 0.413. The van der Waals surface area contributed by atoms with Gasteiger partial charge in [0.25, 0.3) is 0 Å². The normalized spacial score (nSPS) is 10.3. The van der Waals surface area contributed by atoms with Gasteiger partial charge in [-0.05, 0) is 38.1 Å². The van der Waals surface area contributed by atoms with Crippen LogP contribution in [0.1, 0.15) is 12.6 Å². The third-order valence-corrected chi connectivity index (χ3v) is 3.34. The fraction of sp³-hybridized carbons (Fsp3) is 0.286. The number of nitrogens with zero attached hydrogens (tertiary/aromatic N) is 2. The molecule has 1 N–H and O–H groups in total. The van der Waals surface area contributed by atoms with Crippen molar-refractivity contribution in [1.82, 2.24) is 9.97 Å². The van der Waals surface area contributed by atoms with Gasteiger partial charge >= 0.3 is 0 Å². The number of ether oxygens (including phenoxy) is 1. The Morgan fingerprint density at radius 3 is 2.84 bits per heavy atom. The van der Waals surface area contributed by atoms with E-state index in [9.17, 15) is 0 Å². The largest absolute Gasteiger partial charge is 0.497 e. The molecule has 1 aromatic heterocycles. The Kier molecular flexibility index (Phi) is 4.63. The number of methoxy groups -OCH3 is 1. The molecule has 0 aliphatic rings. The average Bonchev–Trinajstić information content (AvgIpc) is 2.38. The van der Waals surface area contributed by atoms with E-state index in [2.05, 4.69) is 15.3 Å². The Bertz CT molecular complexity index is 560. The van der Waals surface area contributed by atoms with Crippen LogP contribution in [-0.4, -0.2) is 23.6 Å². The summed E-state index contributed by atoms with van der Waals surface area (Å²) in [7, 11) is 1.67. The Labute approximate surface area is 117 Å². The molecule has 5 heteroatoms. The maximum atomic E-state index is 5.22. The lowest BCUT2D eigenvalue weighted by Gasteiger charge is -2.07. The van der Waals surface area contributed by atoms with Crippen LogP contribution in [0.25, 0.3) is 0 Å². The first kappa shape index (κ1) is 13.7. The van der Waals surface area contributed by atoms with E-state index < -0.39 is 0 Å². The molecule has 0 aliphatic carbocycles. The molecule has 100 valence electrons. The highest BCUT2D eigenvalue weighted by Gasteiger charge is 2.04. The molecule has 2 rings (SSSR count). The molecule has 0 spiro atoms. The van der Waals surface area contributed by atoms with Gasteiger partial charge in [-0.25, -0.2) is 9.97 Å². The van der Waals surface area contributed by atoms with Gasteiger partial charge in [0, 0.05) is 17.1 Å². The van der Waals surface area contributed by atoms with Crippen LogP contribution in [-0.2, 0) is 0 Å². The van der Waals surface area contributed by atoms with Gasteiger partial charge in [0.2, 0.25) is 5.95 Å². The maximum absolute atomic E-state index is 5.22. The minimum Gasteiger partial charge on any atom is -0.497 e. The molecule has 0 saturated heterocycles. The maximum Gasteiger partial charge on any atom is 0.223 e. The lowest BCUT2D eigenvalue weighted by Crippen LogP contribution is -2.03. The Morgan fingerprint density at radius 1 is 1.26 bits per heavy atom. The zero-order valence-electron chi connectivity index (χ0n) is 11.3. The predicted octanol–water partition coefficient (Wildman–Crippen LogP) is 3.38. The molecule has 0 aliphatic heterocycles. The minimum atomic E-state index is 0.674. The van der Waals surface area contributed by atoms with Gasteiger partial charge in [-0.15, -0.1) is 0 Å². The first-order valence-electron chi connectivity index (χ1n) is 6.12. The van der Waals surface area contributed by atoms with Crippen LogP contribution in [0.4, 0.5) is 5.95 Å². The van der Waals surface area contributed by atoms with Crippen LogP contribution >= 0.6 is 11.8 Å². The molecule has 0 radical (unpaired) electrons. The van der Waals surface area contributed by atoms with E-state index in [0.717, 1.165) is 27.9 Å². The minimum absolute atomic E-state index is 0.674. The number of aromatic nitrogens is 2. The molecule has 19 heavy (non-hydrogen) atoms. The summed E-state index contributed by atoms with van der Waals surface area (Å²) in [6.45, 7) is 4.81. The van der Waals surface area contributed by atoms with Crippen molar-refractivity contribution in [2.45, 2.75) is 23.8 Å². The van der Waals surface area contributed by atoms with Crippen molar-refractivity contribution in [3.05, 3.63) is 36.0 Å². The van der Waals surface area contributed by atoms with E-state index in [4.69, 9.17) is 4.74 Å². The lowest BCUT2D eigenvalue weighted by atomic mass is 10.3. The molecule has 2 aromatic rings. The average molecular weight is 275 g/mol. The van der Waals surface area contributed by atoms with Gasteiger partial charge < -0.3 is 10.1 Å². The molecule has 0 amide bonds. The number of nitrogens with one attached hydrogen (secondary N) is 1. The zero-order chi connectivity index (χ0) is 13.7. The van der Waals surface area contributed by atoms with Crippen LogP contribution in [0, 0.1) is 6.92 Å². The molecular weight excluding hydrogens is 258 g/mol. The second kappa shape index (κ2) is 6.43. The monoisotopic (exact) mass is 275 g/mol. The van der Waals surface area contributed by atoms with Gasteiger partial charge in [-0.2, -0.15) is 0 Å². The van der Waals surface area contributed by atoms with Gasteiger partial charge in [0.05, 0.1) is 7.11 Å². The van der Waals surface area contributed by atoms with Crippen molar-refractivity contribution in [3.8, 4) is 5.75 Å². The number of aryl methyl sites for hydroxylation is 1. The van der Waals surface area contributed by atoms with E-state index >= 15 is 0 Å². The molecule has 0 bridgehead atoms. The van der Waals surface area contributed by atoms with E-state index in [-0.39, 0.29) is 0 Å². The Morgan fingerprint density at radius 2 is 2.11 bits per heavy atom. The number of hydrogen-bond donors (Lipinski definition) is 1. The summed E-state index contributed by atoms with van der Waals surface area (Å²) < 4.78 is 5.22. The highest BCUT2D eigenvalue weighted by atomic mass is 32.2. The Balaban J connectivity index is 2.22. The SMILES string of the molecule is CCNc1nc(C)cc(Sc2cccc(OC)c2)n1. The van der Waals surface area contributed by atoms with Crippen molar-refractivity contribution in [2.24, 2.45) is 0 Å². The smallest absolute Gasteiger partial charge is 0.223 e. The molecule has 1 aromatic carbocycles. The van der Waals surface area contributed by atoms with Crippen LogP contribution in [0.2, 0.25) is 0 Å². The van der Waals surface area contributed by atoms with Crippen molar-refractivity contribution < 1.29 is 4.74 Å². The van der Waals surface area contributed by atoms with E-state index in [0.29, 0.717) is 5.95 Å². The topological polar surface area (TPSA) is 47.0 Å². The summed E-state index contributed by atoms with van der Waals surface area (Å²) in [5.74, 6) is 1.52. The first-order chi connectivity index (χ1) is 9.21. The highest BCUT2D eigenvalue weighted by molar-refractivity contribution is 7.99. The van der Waals surface area contributed by atoms with Crippen molar-refractivity contribution >= 4 is 17.7 Å². The van der Waals surface area contributed by atoms with E-state index in [1.807, 2.05) is 44.2 Å². The molecule has 0 atom stereocenters. The van der Waals surface area contributed by atoms with Crippen molar-refractivity contribution in [3.63, 3.8) is 0 Å². The Hall–Kier alpha value is -1.75. The summed E-state index contributed by atoms with van der Waals surface area (Å²) in [6, 6.07) is 9.91. The van der Waals surface area contributed by atoms with Crippen LogP contribution in [0.3, 0.4) is 0 Å². The van der Waals surface area contributed by atoms with Crippen LogP contribution in [0.5, 0.6) is 5.75 Å². The highest BCUT2D eigenvalue weighted by Crippen LogP contribution is 2.29. The second-order valence-corrected chi connectivity index (χ2v) is 5.08. The van der Waals surface area contributed by atoms with Gasteiger partial charge in [-0.3, -0.25) is 0 Å². The summed E-state index contributed by atoms with van der Waals surface area (Å²) in [4.78, 5) is 9.91. The standard InChI is InChI=1S/C14H17N3OS/c1-4-15-14-16-10(2)8-13(17-14)19-12-7-5-6-11(9-12)18-3/h5-9H,4H2,1-3H3,(H,15,16,17). The van der Waals surface area contributed by atoms with Crippen LogP contribution < -0.4 is 10.1 Å². The number of rotatable bonds is 5. The molecule has 4 nitrogen and oxygen atoms in total. The predicted molar refractivity (Wildman–Crippen MR) is 78.0 cm³/mol. The quantitative estimate of drug-likeness (QED) is 0.848. The molecule has 0 unspecified atom stereocenters. The molecule has 0 saturated carbocycles. The summed E-state index contributed by atoms with van der Waals surface area (Å²) in [5.41, 5.74) is 0.955. The van der Waals surface area contributed by atoms with Crippen LogP contribution in [0.15, 0.2) is 40.3 Å². The summed E-state index contributed by atoms with van der Waals surface area (Å²) >= 11 is 1.60. The third kappa shape index (κ3) is 3.86. The molecule has 1 heterocycles. The molecule has 0 fully saturated rings. The number of anilines is 1. The van der Waals surface area contributed by atoms with Crippen molar-refractivity contribution in [2.75, 3.05) is 19.0 Å². The zero-order valence-corrected chi connectivity index (χ0v) is 12.1. The first-order valence-corrected chi connectivity index (χ1v) is 6.94. The van der Waals surface area contributed by atoms with Gasteiger partial charge in [-0.1, -0.05) is 17.8 Å². The fourth-order valence-corrected chi connectivity index (χ4v) is 2.54. The van der Waals surface area contributed by atoms with Gasteiger partial charge in [0.15, 0.2) is 0 Å². The van der Waals surface area contributed by atoms with Crippen molar-refractivity contribution in [1.29, 1.82) is 0 Å². The van der Waals surface area contributed by atoms with E-state index in [1.54, 1.807) is 18.9 Å². The fourth-order valence-electron chi connectivity index (χ4n) is 1.61.